The molecule has 3 N–H and O–H groups in total. The largest absolute Gasteiger partial charge is 0.480 e. The first kappa shape index (κ1) is 26.7. The second-order valence-corrected chi connectivity index (χ2v) is 12.4. The zero-order chi connectivity index (χ0) is 27.1. The number of fused-ring (bicyclic) bond motifs is 5. The third-order valence-electron chi connectivity index (χ3n) is 10.4. The topological polar surface area (TPSA) is 108 Å². The summed E-state index contributed by atoms with van der Waals surface area (Å²) in [6.45, 7) is 6.34. The van der Waals surface area contributed by atoms with E-state index in [-0.39, 0.29) is 23.9 Å². The Labute approximate surface area is 225 Å². The summed E-state index contributed by atoms with van der Waals surface area (Å²) in [4.78, 5) is 29.3. The van der Waals surface area contributed by atoms with Crippen molar-refractivity contribution in [2.24, 2.45) is 33.7 Å². The molecule has 0 saturated heterocycles. The first-order valence-corrected chi connectivity index (χ1v) is 13.9. The van der Waals surface area contributed by atoms with E-state index < -0.39 is 23.5 Å². The van der Waals surface area contributed by atoms with E-state index in [4.69, 9.17) is 4.84 Å². The number of nitrogens with zero attached hydrogens (tertiary/aromatic N) is 1. The molecule has 0 heterocycles. The molecule has 1 aromatic rings. The van der Waals surface area contributed by atoms with Gasteiger partial charge in [-0.25, -0.2) is 4.79 Å². The summed E-state index contributed by atoms with van der Waals surface area (Å²) in [5.41, 5.74) is 2.27. The van der Waals surface area contributed by atoms with Crippen molar-refractivity contribution in [1.82, 2.24) is 5.32 Å². The summed E-state index contributed by atoms with van der Waals surface area (Å²) >= 11 is 0. The molecule has 0 aliphatic heterocycles. The highest BCUT2D eigenvalue weighted by Gasteiger charge is 2.61. The molecule has 7 heteroatoms. The molecule has 1 aromatic carbocycles. The number of benzene rings is 1. The molecule has 5 rings (SSSR count). The van der Waals surface area contributed by atoms with Gasteiger partial charge < -0.3 is 20.4 Å². The van der Waals surface area contributed by atoms with Crippen LogP contribution in [-0.4, -0.2) is 46.1 Å². The van der Waals surface area contributed by atoms with E-state index in [2.05, 4.69) is 36.5 Å². The van der Waals surface area contributed by atoms with E-state index in [1.807, 2.05) is 43.3 Å². The Morgan fingerprint density at radius 1 is 1.11 bits per heavy atom. The third kappa shape index (κ3) is 4.70. The Balaban J connectivity index is 1.19. The first-order valence-electron chi connectivity index (χ1n) is 13.9. The molecule has 7 nitrogen and oxygen atoms in total. The summed E-state index contributed by atoms with van der Waals surface area (Å²) in [6, 6.07) is 8.16. The summed E-state index contributed by atoms with van der Waals surface area (Å²) < 4.78 is 0. The van der Waals surface area contributed by atoms with Crippen molar-refractivity contribution in [3.8, 4) is 0 Å². The van der Waals surface area contributed by atoms with Gasteiger partial charge in [0.05, 0.1) is 5.60 Å². The normalized spacial score (nSPS) is 37.4. The number of oxime groups is 1. The smallest absolute Gasteiger partial charge is 0.326 e. The Morgan fingerprint density at radius 3 is 2.58 bits per heavy atom. The number of aliphatic carboxylic acids is 1. The number of allylic oxidation sites excluding steroid dienone is 4. The minimum Gasteiger partial charge on any atom is -0.480 e. The van der Waals surface area contributed by atoms with Crippen LogP contribution in [0.4, 0.5) is 0 Å². The zero-order valence-electron chi connectivity index (χ0n) is 22.7. The quantitative estimate of drug-likeness (QED) is 0.453. The minimum absolute atomic E-state index is 0.00585. The van der Waals surface area contributed by atoms with Crippen LogP contribution in [-0.2, 0) is 20.8 Å². The number of hydrogen-bond donors (Lipinski definition) is 3. The molecule has 0 aromatic heterocycles. The molecular formula is C31H40N2O5. The van der Waals surface area contributed by atoms with Crippen molar-refractivity contribution in [1.29, 1.82) is 0 Å². The minimum atomic E-state index is -1.09. The molecular weight excluding hydrogens is 480 g/mol. The van der Waals surface area contributed by atoms with Gasteiger partial charge in [-0.1, -0.05) is 61.0 Å². The second kappa shape index (κ2) is 9.99. The monoisotopic (exact) mass is 520 g/mol. The fraction of sp³-hybridized carbons (Fsp3) is 0.581. The molecule has 204 valence electrons. The van der Waals surface area contributed by atoms with Crippen LogP contribution in [0.2, 0.25) is 0 Å². The van der Waals surface area contributed by atoms with Gasteiger partial charge in [0.15, 0.2) is 6.61 Å². The predicted octanol–water partition coefficient (Wildman–Crippen LogP) is 4.66. The van der Waals surface area contributed by atoms with Gasteiger partial charge in [-0.3, -0.25) is 4.79 Å². The lowest BCUT2D eigenvalue weighted by atomic mass is 9.47. The van der Waals surface area contributed by atoms with E-state index in [1.54, 1.807) is 0 Å². The molecule has 3 fully saturated rings. The van der Waals surface area contributed by atoms with E-state index in [1.165, 1.54) is 5.57 Å². The molecule has 4 aliphatic carbocycles. The highest BCUT2D eigenvalue weighted by molar-refractivity contribution is 6.05. The average molecular weight is 521 g/mol. The number of carboxylic acids is 1. The highest BCUT2D eigenvalue weighted by Crippen LogP contribution is 2.66. The SMILES string of the molecule is C[C@]12C=C/C(=N/OCC(=O)N[C@H](Cc3ccccc3)C(=O)O)C=C1CC[C@@H]1[C@@H]2CC[C@@]2(C)[C@H]1CC[C@]2(C)O. The third-order valence-corrected chi connectivity index (χ3v) is 10.4. The standard InChI is InChI=1S/C31H40N2O5/c1-29-14-11-22(33-38-19-27(34)32-26(28(35)36)17-20-7-5-4-6-8-20)18-21(29)9-10-23-24(29)12-15-30(2)25(23)13-16-31(30,3)37/h4-8,11,14,18,23-26,37H,9-10,12-13,15-17,19H2,1-3H3,(H,32,34)(H,35,36)/b33-22-/t23-,24+,25+,26-,29+,30+,31+/m1/s1. The molecule has 38 heavy (non-hydrogen) atoms. The molecule has 1 amide bonds. The van der Waals surface area contributed by atoms with Crippen LogP contribution < -0.4 is 5.32 Å². The molecule has 7 atom stereocenters. The Morgan fingerprint density at radius 2 is 1.84 bits per heavy atom. The van der Waals surface area contributed by atoms with Crippen molar-refractivity contribution >= 4 is 17.6 Å². The highest BCUT2D eigenvalue weighted by atomic mass is 16.6. The van der Waals surface area contributed by atoms with E-state index in [0.717, 1.165) is 44.1 Å². The number of rotatable bonds is 7. The van der Waals surface area contributed by atoms with Crippen LogP contribution >= 0.6 is 0 Å². The summed E-state index contributed by atoms with van der Waals surface area (Å²) in [5, 5.41) is 27.3. The van der Waals surface area contributed by atoms with E-state index >= 15 is 0 Å². The molecule has 0 bridgehead atoms. The summed E-state index contributed by atoms with van der Waals surface area (Å²) in [7, 11) is 0. The lowest BCUT2D eigenvalue weighted by Gasteiger charge is -2.58. The summed E-state index contributed by atoms with van der Waals surface area (Å²) in [5.74, 6) is 0.125. The second-order valence-electron chi connectivity index (χ2n) is 12.4. The Hall–Kier alpha value is -2.93. The van der Waals surface area contributed by atoms with Crippen molar-refractivity contribution < 1.29 is 24.6 Å². The van der Waals surface area contributed by atoms with Crippen LogP contribution in [0.3, 0.4) is 0 Å². The van der Waals surface area contributed by atoms with Crippen LogP contribution in [0.15, 0.2) is 59.3 Å². The number of aliphatic hydroxyl groups is 1. The van der Waals surface area contributed by atoms with Gasteiger partial charge >= 0.3 is 5.97 Å². The maximum Gasteiger partial charge on any atom is 0.326 e. The van der Waals surface area contributed by atoms with Gasteiger partial charge in [-0.05, 0) is 86.3 Å². The van der Waals surface area contributed by atoms with Crippen molar-refractivity contribution in [3.05, 3.63) is 59.7 Å². The first-order chi connectivity index (χ1) is 18.0. The lowest BCUT2D eigenvalue weighted by molar-refractivity contribution is -0.142. The number of carboxylic acid groups (broad SMARTS) is 1. The van der Waals surface area contributed by atoms with Crippen molar-refractivity contribution in [2.45, 2.75) is 77.4 Å². The molecule has 0 unspecified atom stereocenters. The van der Waals surface area contributed by atoms with Crippen LogP contribution in [0.5, 0.6) is 0 Å². The van der Waals surface area contributed by atoms with Gasteiger partial charge in [0.25, 0.3) is 5.91 Å². The maximum absolute atomic E-state index is 12.4. The van der Waals surface area contributed by atoms with Gasteiger partial charge in [0, 0.05) is 11.8 Å². The molecule has 3 saturated carbocycles. The number of carbonyl (C=O) groups excluding carboxylic acids is 1. The fourth-order valence-corrected chi connectivity index (χ4v) is 7.96. The van der Waals surface area contributed by atoms with Gasteiger partial charge in [0.1, 0.15) is 11.8 Å². The maximum atomic E-state index is 12.4. The average Bonchev–Trinajstić information content (AvgIpc) is 3.13. The van der Waals surface area contributed by atoms with E-state index in [0.29, 0.717) is 23.5 Å². The molecule has 4 aliphatic rings. The van der Waals surface area contributed by atoms with Crippen LogP contribution in [0.1, 0.15) is 64.9 Å². The van der Waals surface area contributed by atoms with Gasteiger partial charge in [-0.2, -0.15) is 0 Å². The molecule has 0 spiro atoms. The fourth-order valence-electron chi connectivity index (χ4n) is 7.96. The number of carbonyl (C=O) groups is 2. The van der Waals surface area contributed by atoms with Crippen molar-refractivity contribution in [3.63, 3.8) is 0 Å². The molecule has 0 radical (unpaired) electrons. The number of amides is 1. The zero-order valence-corrected chi connectivity index (χ0v) is 22.7. The number of hydrogen-bond acceptors (Lipinski definition) is 5. The van der Waals surface area contributed by atoms with Crippen LogP contribution in [0, 0.1) is 28.6 Å². The number of nitrogens with one attached hydrogen (secondary N) is 1. The van der Waals surface area contributed by atoms with Gasteiger partial charge in [0.2, 0.25) is 0 Å². The Bertz CT molecular complexity index is 1170. The van der Waals surface area contributed by atoms with Crippen LogP contribution in [0.25, 0.3) is 0 Å². The van der Waals surface area contributed by atoms with Gasteiger partial charge in [-0.15, -0.1) is 0 Å². The predicted molar refractivity (Wildman–Crippen MR) is 145 cm³/mol. The van der Waals surface area contributed by atoms with E-state index in [9.17, 15) is 19.8 Å². The lowest BCUT2D eigenvalue weighted by Crippen LogP contribution is -2.53. The summed E-state index contributed by atoms with van der Waals surface area (Å²) in [6.07, 6.45) is 12.8. The Kier molecular flexibility index (Phi) is 7.01. The van der Waals surface area contributed by atoms with Crippen molar-refractivity contribution in [2.75, 3.05) is 6.61 Å².